The molecule has 1 aromatic carbocycles. The Labute approximate surface area is 120 Å². The molecule has 0 atom stereocenters. The number of guanidine groups is 1. The maximum absolute atomic E-state index is 11.8. The lowest BCUT2D eigenvalue weighted by atomic mass is 10.1. The van der Waals surface area contributed by atoms with E-state index < -0.39 is 0 Å². The van der Waals surface area contributed by atoms with Crippen LogP contribution in [0.5, 0.6) is 0 Å². The van der Waals surface area contributed by atoms with E-state index in [0.717, 1.165) is 18.7 Å². The van der Waals surface area contributed by atoms with Crippen molar-refractivity contribution in [2.24, 2.45) is 16.6 Å². The predicted octanol–water partition coefficient (Wildman–Crippen LogP) is 1.75. The molecule has 0 aliphatic carbocycles. The number of benzene rings is 1. The molecule has 20 heavy (non-hydrogen) atoms. The first-order valence-electron chi connectivity index (χ1n) is 6.93. The summed E-state index contributed by atoms with van der Waals surface area (Å²) in [6.07, 6.45) is 0.938. The number of aliphatic imine (C=N–C) groups is 1. The van der Waals surface area contributed by atoms with E-state index in [9.17, 15) is 4.79 Å². The van der Waals surface area contributed by atoms with E-state index in [-0.39, 0.29) is 12.5 Å². The molecule has 1 amide bonds. The number of nitrogens with two attached hydrogens (primary N) is 1. The Morgan fingerprint density at radius 1 is 1.40 bits per heavy atom. The van der Waals surface area contributed by atoms with Crippen molar-refractivity contribution < 1.29 is 4.79 Å². The highest BCUT2D eigenvalue weighted by Crippen LogP contribution is 2.10. The second kappa shape index (κ2) is 8.19. The van der Waals surface area contributed by atoms with Crippen molar-refractivity contribution in [3.63, 3.8) is 0 Å². The van der Waals surface area contributed by atoms with Crippen LogP contribution < -0.4 is 16.4 Å². The Hall–Kier alpha value is -2.04. The van der Waals surface area contributed by atoms with Gasteiger partial charge in [0.05, 0.1) is 0 Å². The first-order chi connectivity index (χ1) is 9.51. The Morgan fingerprint density at radius 3 is 2.80 bits per heavy atom. The minimum absolute atomic E-state index is 0.0211. The topological polar surface area (TPSA) is 79.5 Å². The van der Waals surface area contributed by atoms with Gasteiger partial charge in [-0.2, -0.15) is 0 Å². The second-order valence-electron chi connectivity index (χ2n) is 5.08. The van der Waals surface area contributed by atoms with Crippen LogP contribution in [0.1, 0.15) is 26.3 Å². The Bertz CT molecular complexity index is 469. The van der Waals surface area contributed by atoms with E-state index in [1.807, 2.05) is 24.3 Å². The Balaban J connectivity index is 2.44. The lowest BCUT2D eigenvalue weighted by molar-refractivity contribution is -0.114. The fourth-order valence-corrected chi connectivity index (χ4v) is 1.59. The summed E-state index contributed by atoms with van der Waals surface area (Å²) in [6.45, 7) is 7.00. The summed E-state index contributed by atoms with van der Waals surface area (Å²) in [5.74, 6) is 0.609. The predicted molar refractivity (Wildman–Crippen MR) is 83.8 cm³/mol. The number of amides is 1. The van der Waals surface area contributed by atoms with Gasteiger partial charge in [0.2, 0.25) is 5.91 Å². The van der Waals surface area contributed by atoms with E-state index >= 15 is 0 Å². The number of nitrogens with one attached hydrogen (secondary N) is 2. The van der Waals surface area contributed by atoms with Crippen molar-refractivity contribution in [3.05, 3.63) is 29.8 Å². The zero-order valence-corrected chi connectivity index (χ0v) is 12.4. The average Bonchev–Trinajstić information content (AvgIpc) is 2.43. The zero-order chi connectivity index (χ0) is 15.0. The van der Waals surface area contributed by atoms with Gasteiger partial charge in [-0.15, -0.1) is 0 Å². The van der Waals surface area contributed by atoms with Gasteiger partial charge in [-0.05, 0) is 30.0 Å². The summed E-state index contributed by atoms with van der Waals surface area (Å²) in [7, 11) is 0. The molecule has 0 bridgehead atoms. The van der Waals surface area contributed by atoms with Crippen molar-refractivity contribution in [2.45, 2.75) is 27.2 Å². The van der Waals surface area contributed by atoms with Gasteiger partial charge >= 0.3 is 0 Å². The van der Waals surface area contributed by atoms with E-state index in [1.54, 1.807) is 0 Å². The highest BCUT2D eigenvalue weighted by Gasteiger charge is 2.02. The number of carbonyl (C=O) groups excluding carboxylic acids is 1. The van der Waals surface area contributed by atoms with E-state index in [1.165, 1.54) is 5.56 Å². The summed E-state index contributed by atoms with van der Waals surface area (Å²) in [5.41, 5.74) is 7.64. The monoisotopic (exact) mass is 276 g/mol. The van der Waals surface area contributed by atoms with Gasteiger partial charge in [0, 0.05) is 12.2 Å². The van der Waals surface area contributed by atoms with Crippen molar-refractivity contribution in [2.75, 3.05) is 18.4 Å². The van der Waals surface area contributed by atoms with Crippen LogP contribution >= 0.6 is 0 Å². The van der Waals surface area contributed by atoms with Crippen LogP contribution in [0, 0.1) is 5.92 Å². The number of hydrogen-bond donors (Lipinski definition) is 3. The van der Waals surface area contributed by atoms with Gasteiger partial charge in [-0.1, -0.05) is 32.9 Å². The molecule has 0 radical (unpaired) electrons. The molecule has 1 rings (SSSR count). The number of carbonyl (C=O) groups is 1. The highest BCUT2D eigenvalue weighted by molar-refractivity contribution is 5.93. The smallest absolute Gasteiger partial charge is 0.246 e. The number of rotatable bonds is 6. The fourth-order valence-electron chi connectivity index (χ4n) is 1.59. The average molecular weight is 276 g/mol. The van der Waals surface area contributed by atoms with Crippen LogP contribution in [0.4, 0.5) is 5.69 Å². The number of nitrogens with zero attached hydrogens (tertiary/aromatic N) is 1. The number of anilines is 1. The van der Waals surface area contributed by atoms with Gasteiger partial charge in [-0.25, -0.2) is 4.99 Å². The lowest BCUT2D eigenvalue weighted by Gasteiger charge is -2.08. The standard InChI is InChI=1S/C15H24N4O/c1-4-12-6-5-7-13(8-12)19-14(20)10-18-15(16)17-9-11(2)3/h5-8,11H,4,9-10H2,1-3H3,(H,19,20)(H3,16,17,18). The van der Waals surface area contributed by atoms with Crippen LogP contribution in [0.3, 0.4) is 0 Å². The van der Waals surface area contributed by atoms with Gasteiger partial charge in [0.15, 0.2) is 5.96 Å². The third-order valence-corrected chi connectivity index (χ3v) is 2.70. The molecular weight excluding hydrogens is 252 g/mol. The summed E-state index contributed by atoms with van der Waals surface area (Å²) >= 11 is 0. The van der Waals surface area contributed by atoms with Crippen molar-refractivity contribution in [1.82, 2.24) is 5.32 Å². The van der Waals surface area contributed by atoms with Crippen molar-refractivity contribution in [1.29, 1.82) is 0 Å². The molecule has 110 valence electrons. The quantitative estimate of drug-likeness (QED) is 0.547. The normalized spacial score (nSPS) is 11.5. The van der Waals surface area contributed by atoms with Crippen LogP contribution in [0.2, 0.25) is 0 Å². The molecule has 1 aromatic rings. The number of aryl methyl sites for hydroxylation is 1. The molecule has 0 saturated heterocycles. The fraction of sp³-hybridized carbons (Fsp3) is 0.467. The van der Waals surface area contributed by atoms with E-state index in [2.05, 4.69) is 36.4 Å². The first-order valence-corrected chi connectivity index (χ1v) is 6.93. The van der Waals surface area contributed by atoms with Crippen molar-refractivity contribution in [3.8, 4) is 0 Å². The summed E-state index contributed by atoms with van der Waals surface area (Å²) in [5, 5.41) is 5.77. The van der Waals surface area contributed by atoms with Gasteiger partial charge in [-0.3, -0.25) is 4.79 Å². The summed E-state index contributed by atoms with van der Waals surface area (Å²) in [4.78, 5) is 15.8. The number of hydrogen-bond acceptors (Lipinski definition) is 2. The van der Waals surface area contributed by atoms with Crippen molar-refractivity contribution >= 4 is 17.6 Å². The zero-order valence-electron chi connectivity index (χ0n) is 12.4. The second-order valence-corrected chi connectivity index (χ2v) is 5.08. The molecule has 0 aromatic heterocycles. The minimum Gasteiger partial charge on any atom is -0.370 e. The van der Waals surface area contributed by atoms with E-state index in [0.29, 0.717) is 11.9 Å². The molecule has 0 fully saturated rings. The molecular formula is C15H24N4O. The molecule has 0 spiro atoms. The maximum atomic E-state index is 11.8. The Kier molecular flexibility index (Phi) is 6.56. The third-order valence-electron chi connectivity index (χ3n) is 2.70. The molecule has 4 N–H and O–H groups in total. The Morgan fingerprint density at radius 2 is 2.15 bits per heavy atom. The third kappa shape index (κ3) is 6.22. The first kappa shape index (κ1) is 16.0. The molecule has 0 aliphatic heterocycles. The summed E-state index contributed by atoms with van der Waals surface area (Å²) in [6, 6.07) is 7.78. The van der Waals surface area contributed by atoms with Gasteiger partial charge in [0.1, 0.15) is 6.54 Å². The highest BCUT2D eigenvalue weighted by atomic mass is 16.1. The molecule has 5 heteroatoms. The van der Waals surface area contributed by atoms with Crippen LogP contribution in [0.15, 0.2) is 29.3 Å². The maximum Gasteiger partial charge on any atom is 0.246 e. The SMILES string of the molecule is CCc1cccc(NC(=O)CN=C(N)NCC(C)C)c1. The van der Waals surface area contributed by atoms with Crippen LogP contribution in [-0.2, 0) is 11.2 Å². The molecule has 0 saturated carbocycles. The molecule has 0 heterocycles. The van der Waals surface area contributed by atoms with Crippen LogP contribution in [-0.4, -0.2) is 25.0 Å². The van der Waals surface area contributed by atoms with Crippen LogP contribution in [0.25, 0.3) is 0 Å². The molecule has 5 nitrogen and oxygen atoms in total. The lowest BCUT2D eigenvalue weighted by Crippen LogP contribution is -2.35. The van der Waals surface area contributed by atoms with E-state index in [4.69, 9.17) is 5.73 Å². The largest absolute Gasteiger partial charge is 0.370 e. The summed E-state index contributed by atoms with van der Waals surface area (Å²) < 4.78 is 0. The van der Waals surface area contributed by atoms with Gasteiger partial charge < -0.3 is 16.4 Å². The molecule has 0 aliphatic rings. The molecule has 0 unspecified atom stereocenters. The van der Waals surface area contributed by atoms with Gasteiger partial charge in [0.25, 0.3) is 0 Å². The minimum atomic E-state index is -0.174.